The minimum atomic E-state index is -0.380. The smallest absolute Gasteiger partial charge is 0.340 e. The van der Waals surface area contributed by atoms with Gasteiger partial charge in [0.2, 0.25) is 0 Å². The lowest BCUT2D eigenvalue weighted by atomic mass is 10.0. The van der Waals surface area contributed by atoms with Crippen LogP contribution in [0.25, 0.3) is 0 Å². The average Bonchev–Trinajstić information content (AvgIpc) is 2.31. The predicted molar refractivity (Wildman–Crippen MR) is 71.5 cm³/mol. The molecule has 1 aromatic rings. The molecule has 0 unspecified atom stereocenters. The zero-order valence-electron chi connectivity index (χ0n) is 11.4. The van der Waals surface area contributed by atoms with Crippen molar-refractivity contribution in [3.8, 4) is 0 Å². The van der Waals surface area contributed by atoms with Gasteiger partial charge in [-0.25, -0.2) is 4.79 Å². The Bertz CT molecular complexity index is 427. The third kappa shape index (κ3) is 3.47. The Morgan fingerprint density at radius 2 is 2.06 bits per heavy atom. The molecule has 18 heavy (non-hydrogen) atoms. The summed E-state index contributed by atoms with van der Waals surface area (Å²) in [7, 11) is 0. The fourth-order valence-electron chi connectivity index (χ4n) is 1.57. The fourth-order valence-corrected chi connectivity index (χ4v) is 1.57. The van der Waals surface area contributed by atoms with Crippen molar-refractivity contribution in [1.29, 1.82) is 0 Å². The molecule has 0 spiro atoms. The van der Waals surface area contributed by atoms with Crippen molar-refractivity contribution >= 4 is 11.7 Å². The largest absolute Gasteiger partial charge is 0.462 e. The monoisotopic (exact) mass is 251 g/mol. The number of anilines is 1. The van der Waals surface area contributed by atoms with Gasteiger partial charge in [0.1, 0.15) is 0 Å². The van der Waals surface area contributed by atoms with Crippen molar-refractivity contribution in [2.45, 2.75) is 40.4 Å². The molecule has 0 saturated carbocycles. The van der Waals surface area contributed by atoms with Crippen molar-refractivity contribution in [2.75, 3.05) is 12.3 Å². The topological polar surface area (TPSA) is 61.5 Å². The lowest BCUT2D eigenvalue weighted by Gasteiger charge is -2.14. The van der Waals surface area contributed by atoms with E-state index >= 15 is 0 Å². The minimum Gasteiger partial charge on any atom is -0.462 e. The molecule has 100 valence electrons. The molecular formula is C14H21NO3. The number of nitrogens with two attached hydrogens (primary N) is 1. The van der Waals surface area contributed by atoms with Crippen LogP contribution in [0.15, 0.2) is 12.1 Å². The quantitative estimate of drug-likeness (QED) is 0.645. The second-order valence-corrected chi connectivity index (χ2v) is 4.39. The fraction of sp³-hybridized carbons (Fsp3) is 0.500. The van der Waals surface area contributed by atoms with Gasteiger partial charge in [-0.1, -0.05) is 6.07 Å². The summed E-state index contributed by atoms with van der Waals surface area (Å²) in [5.74, 6) is -0.380. The third-order valence-corrected chi connectivity index (χ3v) is 2.69. The van der Waals surface area contributed by atoms with E-state index in [0.717, 1.165) is 11.1 Å². The Kier molecular flexibility index (Phi) is 5.16. The highest BCUT2D eigenvalue weighted by atomic mass is 16.5. The first kappa shape index (κ1) is 14.5. The second kappa shape index (κ2) is 6.40. The number of ether oxygens (including phenoxy) is 2. The van der Waals surface area contributed by atoms with Gasteiger partial charge in [0.15, 0.2) is 0 Å². The first-order valence-corrected chi connectivity index (χ1v) is 6.14. The van der Waals surface area contributed by atoms with Crippen LogP contribution >= 0.6 is 0 Å². The van der Waals surface area contributed by atoms with Gasteiger partial charge in [0.05, 0.1) is 24.9 Å². The van der Waals surface area contributed by atoms with Gasteiger partial charge in [-0.2, -0.15) is 0 Å². The molecule has 1 rings (SSSR count). The van der Waals surface area contributed by atoms with Crippen LogP contribution in [0.3, 0.4) is 0 Å². The third-order valence-electron chi connectivity index (χ3n) is 2.69. The number of carbonyl (C=O) groups is 1. The van der Waals surface area contributed by atoms with Crippen LogP contribution in [0.1, 0.15) is 42.3 Å². The SMILES string of the molecule is CCOC(=O)c1ccc(COC(C)C)c(C)c1N. The van der Waals surface area contributed by atoms with E-state index < -0.39 is 0 Å². The summed E-state index contributed by atoms with van der Waals surface area (Å²) in [6.07, 6.45) is 0.162. The molecular weight excluding hydrogens is 230 g/mol. The lowest BCUT2D eigenvalue weighted by molar-refractivity contribution is 0.0526. The van der Waals surface area contributed by atoms with E-state index in [-0.39, 0.29) is 12.1 Å². The van der Waals surface area contributed by atoms with E-state index in [4.69, 9.17) is 15.2 Å². The van der Waals surface area contributed by atoms with Gasteiger partial charge in [-0.05, 0) is 44.9 Å². The van der Waals surface area contributed by atoms with E-state index in [1.165, 1.54) is 0 Å². The van der Waals surface area contributed by atoms with E-state index in [1.807, 2.05) is 26.8 Å². The summed E-state index contributed by atoms with van der Waals surface area (Å²) in [6, 6.07) is 3.56. The van der Waals surface area contributed by atoms with Gasteiger partial charge in [0.25, 0.3) is 0 Å². The Labute approximate surface area is 108 Å². The van der Waals surface area contributed by atoms with E-state index in [0.29, 0.717) is 24.5 Å². The number of hydrogen-bond acceptors (Lipinski definition) is 4. The number of esters is 1. The minimum absolute atomic E-state index is 0.162. The lowest BCUT2D eigenvalue weighted by Crippen LogP contribution is -2.11. The summed E-state index contributed by atoms with van der Waals surface area (Å²) < 4.78 is 10.5. The molecule has 4 nitrogen and oxygen atoms in total. The van der Waals surface area contributed by atoms with Crippen LogP contribution in [-0.4, -0.2) is 18.7 Å². The summed E-state index contributed by atoms with van der Waals surface area (Å²) in [5.41, 5.74) is 8.73. The molecule has 0 bridgehead atoms. The normalized spacial score (nSPS) is 10.7. The number of nitrogen functional groups attached to an aromatic ring is 1. The van der Waals surface area contributed by atoms with E-state index in [2.05, 4.69) is 0 Å². The first-order chi connectivity index (χ1) is 8.47. The second-order valence-electron chi connectivity index (χ2n) is 4.39. The molecule has 1 aromatic carbocycles. The number of carbonyl (C=O) groups excluding carboxylic acids is 1. The molecule has 0 saturated heterocycles. The number of benzene rings is 1. The van der Waals surface area contributed by atoms with Crippen molar-refractivity contribution in [3.63, 3.8) is 0 Å². The molecule has 0 aromatic heterocycles. The summed E-state index contributed by atoms with van der Waals surface area (Å²) >= 11 is 0. The molecule has 0 aliphatic carbocycles. The molecule has 0 aliphatic rings. The van der Waals surface area contributed by atoms with Gasteiger partial charge < -0.3 is 15.2 Å². The molecule has 0 radical (unpaired) electrons. The Morgan fingerprint density at radius 3 is 2.61 bits per heavy atom. The zero-order chi connectivity index (χ0) is 13.7. The van der Waals surface area contributed by atoms with Crippen LogP contribution in [0, 0.1) is 6.92 Å². The van der Waals surface area contributed by atoms with E-state index in [9.17, 15) is 4.79 Å². The zero-order valence-corrected chi connectivity index (χ0v) is 11.4. The predicted octanol–water partition coefficient (Wildman–Crippen LogP) is 2.68. The maximum atomic E-state index is 11.7. The highest BCUT2D eigenvalue weighted by Gasteiger charge is 2.14. The van der Waals surface area contributed by atoms with Crippen molar-refractivity contribution in [1.82, 2.24) is 0 Å². The summed E-state index contributed by atoms with van der Waals surface area (Å²) in [4.78, 5) is 11.7. The molecule has 0 heterocycles. The van der Waals surface area contributed by atoms with Gasteiger partial charge >= 0.3 is 5.97 Å². The first-order valence-electron chi connectivity index (χ1n) is 6.14. The average molecular weight is 251 g/mol. The van der Waals surface area contributed by atoms with Crippen molar-refractivity contribution in [2.24, 2.45) is 0 Å². The van der Waals surface area contributed by atoms with Crippen LogP contribution < -0.4 is 5.73 Å². The van der Waals surface area contributed by atoms with Crippen LogP contribution in [-0.2, 0) is 16.1 Å². The molecule has 0 aliphatic heterocycles. The summed E-state index contributed by atoms with van der Waals surface area (Å²) in [5, 5.41) is 0. The molecule has 0 amide bonds. The van der Waals surface area contributed by atoms with Gasteiger partial charge in [-0.3, -0.25) is 0 Å². The van der Waals surface area contributed by atoms with Gasteiger partial charge in [-0.15, -0.1) is 0 Å². The molecule has 4 heteroatoms. The molecule has 0 fully saturated rings. The maximum Gasteiger partial charge on any atom is 0.340 e. The van der Waals surface area contributed by atoms with Crippen molar-refractivity contribution in [3.05, 3.63) is 28.8 Å². The maximum absolute atomic E-state index is 11.7. The van der Waals surface area contributed by atoms with Crippen LogP contribution in [0.4, 0.5) is 5.69 Å². The number of hydrogen-bond donors (Lipinski definition) is 1. The Morgan fingerprint density at radius 1 is 1.39 bits per heavy atom. The molecule has 2 N–H and O–H groups in total. The van der Waals surface area contributed by atoms with Crippen LogP contribution in [0.5, 0.6) is 0 Å². The Hall–Kier alpha value is -1.55. The highest BCUT2D eigenvalue weighted by molar-refractivity contribution is 5.96. The van der Waals surface area contributed by atoms with Gasteiger partial charge in [0, 0.05) is 5.69 Å². The van der Waals surface area contributed by atoms with Crippen molar-refractivity contribution < 1.29 is 14.3 Å². The van der Waals surface area contributed by atoms with Crippen LogP contribution in [0.2, 0.25) is 0 Å². The standard InChI is InChI=1S/C14H21NO3/c1-5-17-14(16)12-7-6-11(8-18-9(2)3)10(4)13(12)15/h6-7,9H,5,8,15H2,1-4H3. The summed E-state index contributed by atoms with van der Waals surface area (Å²) in [6.45, 7) is 8.45. The van der Waals surface area contributed by atoms with E-state index in [1.54, 1.807) is 13.0 Å². The number of rotatable bonds is 5. The highest BCUT2D eigenvalue weighted by Crippen LogP contribution is 2.22. The molecule has 0 atom stereocenters. The Balaban J connectivity index is 2.94.